The second-order valence-electron chi connectivity index (χ2n) is 6.41. The Labute approximate surface area is 147 Å². The Balaban J connectivity index is 1.75. The Morgan fingerprint density at radius 1 is 1.08 bits per heavy atom. The largest absolute Gasteiger partial charge is 0.371 e. The van der Waals surface area contributed by atoms with E-state index in [-0.39, 0.29) is 0 Å². The third-order valence-electron chi connectivity index (χ3n) is 4.61. The number of aromatic amines is 1. The van der Waals surface area contributed by atoms with Gasteiger partial charge in [0.2, 0.25) is 5.95 Å². The average molecular weight is 334 g/mol. The monoisotopic (exact) mass is 334 g/mol. The van der Waals surface area contributed by atoms with Crippen molar-refractivity contribution in [1.82, 2.24) is 20.2 Å². The molecule has 25 heavy (non-hydrogen) atoms. The molecular formula is C19H22N6. The van der Waals surface area contributed by atoms with Crippen LogP contribution in [0.15, 0.2) is 42.7 Å². The molecule has 0 atom stereocenters. The zero-order valence-electron chi connectivity index (χ0n) is 14.4. The average Bonchev–Trinajstić information content (AvgIpc) is 3.15. The minimum absolute atomic E-state index is 0.527. The molecule has 0 unspecified atom stereocenters. The summed E-state index contributed by atoms with van der Waals surface area (Å²) in [4.78, 5) is 11.4. The number of aryl methyl sites for hydroxylation is 1. The van der Waals surface area contributed by atoms with E-state index >= 15 is 0 Å². The van der Waals surface area contributed by atoms with Crippen LogP contribution in [0, 0.1) is 6.92 Å². The molecule has 128 valence electrons. The number of aromatic nitrogens is 4. The molecule has 0 spiro atoms. The molecular weight excluding hydrogens is 312 g/mol. The summed E-state index contributed by atoms with van der Waals surface area (Å²) in [5.74, 6) is 1.29. The van der Waals surface area contributed by atoms with E-state index in [1.165, 1.54) is 30.5 Å². The van der Waals surface area contributed by atoms with Crippen molar-refractivity contribution >= 4 is 17.5 Å². The summed E-state index contributed by atoms with van der Waals surface area (Å²) in [6.07, 6.45) is 5.35. The molecule has 2 aromatic heterocycles. The summed E-state index contributed by atoms with van der Waals surface area (Å²) < 4.78 is 0. The molecule has 0 bridgehead atoms. The molecule has 6 heteroatoms. The normalized spacial score (nSPS) is 14.5. The van der Waals surface area contributed by atoms with Crippen LogP contribution in [-0.2, 0) is 0 Å². The van der Waals surface area contributed by atoms with E-state index < -0.39 is 0 Å². The van der Waals surface area contributed by atoms with E-state index in [4.69, 9.17) is 4.98 Å². The van der Waals surface area contributed by atoms with Crippen LogP contribution in [0.3, 0.4) is 0 Å². The number of nitrogens with zero attached hydrogens (tertiary/aromatic N) is 4. The number of nitrogens with one attached hydrogen (secondary N) is 2. The molecule has 1 aliphatic rings. The van der Waals surface area contributed by atoms with E-state index in [2.05, 4.69) is 68.7 Å². The van der Waals surface area contributed by atoms with Gasteiger partial charge in [-0.25, -0.2) is 9.97 Å². The fraction of sp³-hybridized carbons (Fsp3) is 0.316. The minimum atomic E-state index is 0.527. The molecule has 4 rings (SSSR count). The maximum Gasteiger partial charge on any atom is 0.247 e. The summed E-state index contributed by atoms with van der Waals surface area (Å²) in [6.45, 7) is 4.31. The highest BCUT2D eigenvalue weighted by molar-refractivity contribution is 5.71. The van der Waals surface area contributed by atoms with Gasteiger partial charge < -0.3 is 10.2 Å². The molecule has 6 nitrogen and oxygen atoms in total. The Kier molecular flexibility index (Phi) is 4.33. The van der Waals surface area contributed by atoms with Gasteiger partial charge in [0.05, 0.1) is 5.69 Å². The molecule has 1 saturated heterocycles. The number of hydrogen-bond acceptors (Lipinski definition) is 5. The molecule has 1 aromatic carbocycles. The first kappa shape index (κ1) is 15.6. The SMILES string of the molecule is Cc1ccccc1-c1cc(N2CCCCC2)cc(Nc2nc[nH]n2)n1. The topological polar surface area (TPSA) is 69.7 Å². The van der Waals surface area contributed by atoms with Crippen molar-refractivity contribution in [3.63, 3.8) is 0 Å². The van der Waals surface area contributed by atoms with Gasteiger partial charge >= 0.3 is 0 Å². The van der Waals surface area contributed by atoms with E-state index in [1.807, 2.05) is 0 Å². The van der Waals surface area contributed by atoms with Gasteiger partial charge in [-0.15, -0.1) is 5.10 Å². The molecule has 0 aliphatic carbocycles. The summed E-state index contributed by atoms with van der Waals surface area (Å²) in [7, 11) is 0. The number of pyridine rings is 1. The van der Waals surface area contributed by atoms with Gasteiger partial charge in [-0.05, 0) is 37.8 Å². The van der Waals surface area contributed by atoms with Crippen molar-refractivity contribution in [2.24, 2.45) is 0 Å². The molecule has 0 saturated carbocycles. The Hall–Kier alpha value is -2.89. The number of H-pyrrole nitrogens is 1. The van der Waals surface area contributed by atoms with Gasteiger partial charge in [-0.3, -0.25) is 5.10 Å². The third kappa shape index (κ3) is 3.47. The predicted octanol–water partition coefficient (Wildman–Crippen LogP) is 3.91. The number of rotatable bonds is 4. The fourth-order valence-corrected chi connectivity index (χ4v) is 3.30. The van der Waals surface area contributed by atoms with Gasteiger partial charge in [0, 0.05) is 30.4 Å². The summed E-state index contributed by atoms with van der Waals surface area (Å²) in [5.41, 5.74) is 4.54. The molecule has 1 aliphatic heterocycles. The zero-order valence-corrected chi connectivity index (χ0v) is 14.4. The van der Waals surface area contributed by atoms with E-state index in [0.717, 1.165) is 30.2 Å². The predicted molar refractivity (Wildman–Crippen MR) is 100 cm³/mol. The Bertz CT molecular complexity index is 837. The third-order valence-corrected chi connectivity index (χ3v) is 4.61. The summed E-state index contributed by atoms with van der Waals surface area (Å²) in [6, 6.07) is 12.6. The van der Waals surface area contributed by atoms with Crippen LogP contribution in [0.1, 0.15) is 24.8 Å². The number of benzene rings is 1. The van der Waals surface area contributed by atoms with Gasteiger partial charge in [0.25, 0.3) is 0 Å². The van der Waals surface area contributed by atoms with E-state index in [0.29, 0.717) is 5.95 Å². The number of piperidine rings is 1. The van der Waals surface area contributed by atoms with Crippen molar-refractivity contribution in [3.05, 3.63) is 48.3 Å². The van der Waals surface area contributed by atoms with Crippen LogP contribution in [0.4, 0.5) is 17.5 Å². The van der Waals surface area contributed by atoms with Crippen LogP contribution in [0.5, 0.6) is 0 Å². The van der Waals surface area contributed by atoms with Crippen molar-refractivity contribution in [2.45, 2.75) is 26.2 Å². The van der Waals surface area contributed by atoms with Gasteiger partial charge in [0.15, 0.2) is 0 Å². The van der Waals surface area contributed by atoms with Gasteiger partial charge in [-0.1, -0.05) is 24.3 Å². The maximum atomic E-state index is 4.80. The second-order valence-corrected chi connectivity index (χ2v) is 6.41. The van der Waals surface area contributed by atoms with Crippen molar-refractivity contribution < 1.29 is 0 Å². The lowest BCUT2D eigenvalue weighted by Gasteiger charge is -2.29. The first-order valence-corrected chi connectivity index (χ1v) is 8.75. The van der Waals surface area contributed by atoms with Crippen LogP contribution >= 0.6 is 0 Å². The summed E-state index contributed by atoms with van der Waals surface area (Å²) >= 11 is 0. The van der Waals surface area contributed by atoms with E-state index in [9.17, 15) is 0 Å². The lowest BCUT2D eigenvalue weighted by Crippen LogP contribution is -2.29. The van der Waals surface area contributed by atoms with Crippen molar-refractivity contribution in [1.29, 1.82) is 0 Å². The highest BCUT2D eigenvalue weighted by atomic mass is 15.3. The van der Waals surface area contributed by atoms with Crippen LogP contribution in [0.2, 0.25) is 0 Å². The molecule has 1 fully saturated rings. The lowest BCUT2D eigenvalue weighted by molar-refractivity contribution is 0.578. The second kappa shape index (κ2) is 6.93. The van der Waals surface area contributed by atoms with Crippen molar-refractivity contribution in [3.8, 4) is 11.3 Å². The smallest absolute Gasteiger partial charge is 0.247 e. The lowest BCUT2D eigenvalue weighted by atomic mass is 10.0. The maximum absolute atomic E-state index is 4.80. The first-order valence-electron chi connectivity index (χ1n) is 8.75. The number of anilines is 3. The Morgan fingerprint density at radius 3 is 2.68 bits per heavy atom. The molecule has 3 aromatic rings. The van der Waals surface area contributed by atoms with Crippen LogP contribution in [0.25, 0.3) is 11.3 Å². The zero-order chi connectivity index (χ0) is 17.1. The highest BCUT2D eigenvalue weighted by Gasteiger charge is 2.15. The highest BCUT2D eigenvalue weighted by Crippen LogP contribution is 2.30. The van der Waals surface area contributed by atoms with Gasteiger partial charge in [-0.2, -0.15) is 0 Å². The van der Waals surface area contributed by atoms with Crippen LogP contribution in [-0.4, -0.2) is 33.3 Å². The fourth-order valence-electron chi connectivity index (χ4n) is 3.30. The summed E-state index contributed by atoms with van der Waals surface area (Å²) in [5, 5.41) is 10.00. The molecule has 0 amide bonds. The minimum Gasteiger partial charge on any atom is -0.371 e. The molecule has 2 N–H and O–H groups in total. The van der Waals surface area contributed by atoms with Crippen molar-refractivity contribution in [2.75, 3.05) is 23.3 Å². The molecule has 3 heterocycles. The standard InChI is InChI=1S/C19H22N6/c1-14-7-3-4-8-16(14)17-11-15(25-9-5-2-6-10-25)12-18(22-17)23-19-20-13-21-24-19/h3-4,7-8,11-13H,2,5-6,9-10H2,1H3,(H2,20,21,22,23,24). The first-order chi connectivity index (χ1) is 12.3. The molecule has 0 radical (unpaired) electrons. The van der Waals surface area contributed by atoms with Gasteiger partial charge in [0.1, 0.15) is 12.1 Å². The van der Waals surface area contributed by atoms with Crippen LogP contribution < -0.4 is 10.2 Å². The quantitative estimate of drug-likeness (QED) is 0.757. The number of hydrogen-bond donors (Lipinski definition) is 2. The Morgan fingerprint density at radius 2 is 1.92 bits per heavy atom. The van der Waals surface area contributed by atoms with E-state index in [1.54, 1.807) is 6.33 Å².